The predicted molar refractivity (Wildman–Crippen MR) is 37.1 cm³/mol. The zero-order chi connectivity index (χ0) is 6.41. The molecular weight excluding hydrogens is 170 g/mol. The lowest BCUT2D eigenvalue weighted by Crippen LogP contribution is -2.20. The molecule has 2 N–H and O–H groups in total. The molecule has 0 fully saturated rings. The molecule has 8 heavy (non-hydrogen) atoms. The molecule has 3 heteroatoms. The Balaban J connectivity index is 2.98. The molecule has 0 aliphatic heterocycles. The molecule has 0 amide bonds. The topological polar surface area (TPSA) is 43.1 Å². The van der Waals surface area contributed by atoms with Crippen LogP contribution in [-0.2, 0) is 4.79 Å². The van der Waals surface area contributed by atoms with Gasteiger partial charge in [0.1, 0.15) is 6.29 Å². The summed E-state index contributed by atoms with van der Waals surface area (Å²) in [6.45, 7) is 0. The lowest BCUT2D eigenvalue weighted by molar-refractivity contribution is -0.109. The van der Waals surface area contributed by atoms with Gasteiger partial charge in [0.15, 0.2) is 0 Å². The van der Waals surface area contributed by atoms with E-state index in [9.17, 15) is 4.79 Å². The van der Waals surface area contributed by atoms with Gasteiger partial charge in [0.05, 0.1) is 6.04 Å². The second kappa shape index (κ2) is 5.25. The van der Waals surface area contributed by atoms with E-state index in [1.807, 2.05) is 0 Å². The maximum atomic E-state index is 9.87. The van der Waals surface area contributed by atoms with E-state index in [-0.39, 0.29) is 6.04 Å². The van der Waals surface area contributed by atoms with Gasteiger partial charge >= 0.3 is 0 Å². The van der Waals surface area contributed by atoms with E-state index in [1.165, 1.54) is 0 Å². The lowest BCUT2D eigenvalue weighted by atomic mass is 10.2. The zero-order valence-electron chi connectivity index (χ0n) is 4.64. The van der Waals surface area contributed by atoms with Crippen LogP contribution in [0.15, 0.2) is 0 Å². The van der Waals surface area contributed by atoms with Crippen molar-refractivity contribution in [1.29, 1.82) is 0 Å². The quantitative estimate of drug-likeness (QED) is 0.510. The van der Waals surface area contributed by atoms with Crippen LogP contribution in [-0.4, -0.2) is 17.7 Å². The molecule has 0 saturated carbocycles. The van der Waals surface area contributed by atoms with Gasteiger partial charge in [-0.3, -0.25) is 0 Å². The fourth-order valence-electron chi connectivity index (χ4n) is 0.381. The summed E-state index contributed by atoms with van der Waals surface area (Å²) in [5.74, 6) is 0. The second-order valence-electron chi connectivity index (χ2n) is 1.63. The molecule has 2 nitrogen and oxygen atoms in total. The monoisotopic (exact) mass is 179 g/mol. The van der Waals surface area contributed by atoms with Crippen LogP contribution in [0.5, 0.6) is 0 Å². The zero-order valence-corrected chi connectivity index (χ0v) is 6.23. The molecule has 0 saturated heterocycles. The molecule has 0 aromatic heterocycles. The van der Waals surface area contributed by atoms with Crippen molar-refractivity contribution in [2.45, 2.75) is 18.9 Å². The van der Waals surface area contributed by atoms with Gasteiger partial charge in [0, 0.05) is 5.33 Å². The van der Waals surface area contributed by atoms with E-state index >= 15 is 0 Å². The Morgan fingerprint density at radius 3 is 2.75 bits per heavy atom. The fourth-order valence-corrected chi connectivity index (χ4v) is 0.705. The van der Waals surface area contributed by atoms with Gasteiger partial charge in [-0.1, -0.05) is 15.9 Å². The van der Waals surface area contributed by atoms with E-state index in [0.29, 0.717) is 0 Å². The summed E-state index contributed by atoms with van der Waals surface area (Å²) in [4.78, 5) is 9.87. The van der Waals surface area contributed by atoms with Gasteiger partial charge in [0.2, 0.25) is 0 Å². The third-order valence-corrected chi connectivity index (χ3v) is 1.41. The van der Waals surface area contributed by atoms with Gasteiger partial charge in [-0.25, -0.2) is 0 Å². The summed E-state index contributed by atoms with van der Waals surface area (Å²) in [6, 6.07) is -0.257. The molecule has 0 aromatic carbocycles. The Kier molecular flexibility index (Phi) is 5.32. The number of halogens is 1. The Morgan fingerprint density at radius 1 is 1.75 bits per heavy atom. The third-order valence-electron chi connectivity index (χ3n) is 0.846. The van der Waals surface area contributed by atoms with Crippen LogP contribution in [0.3, 0.4) is 0 Å². The third kappa shape index (κ3) is 4.27. The van der Waals surface area contributed by atoms with E-state index in [2.05, 4.69) is 15.9 Å². The van der Waals surface area contributed by atoms with Crippen LogP contribution in [0.2, 0.25) is 0 Å². The minimum absolute atomic E-state index is 0.257. The average molecular weight is 180 g/mol. The minimum atomic E-state index is -0.257. The van der Waals surface area contributed by atoms with Crippen molar-refractivity contribution in [3.05, 3.63) is 0 Å². The van der Waals surface area contributed by atoms with Crippen LogP contribution in [0.4, 0.5) is 0 Å². The number of hydrogen-bond acceptors (Lipinski definition) is 2. The molecule has 48 valence electrons. The molecule has 0 aliphatic rings. The van der Waals surface area contributed by atoms with Crippen molar-refractivity contribution >= 4 is 22.2 Å². The molecule has 0 rings (SSSR count). The van der Waals surface area contributed by atoms with Crippen molar-refractivity contribution in [2.24, 2.45) is 5.73 Å². The fraction of sp³-hybridized carbons (Fsp3) is 0.800. The van der Waals surface area contributed by atoms with E-state index in [0.717, 1.165) is 24.5 Å². The molecule has 0 spiro atoms. The summed E-state index contributed by atoms with van der Waals surface area (Å²) in [6.07, 6.45) is 2.54. The van der Waals surface area contributed by atoms with Gasteiger partial charge < -0.3 is 10.5 Å². The van der Waals surface area contributed by atoms with Gasteiger partial charge in [-0.05, 0) is 12.8 Å². The molecule has 0 bridgehead atoms. The Labute approximate surface area is 57.6 Å². The Hall–Kier alpha value is 0.110. The normalized spacial score (nSPS) is 13.2. The molecule has 0 aliphatic carbocycles. The first-order valence-electron chi connectivity index (χ1n) is 2.58. The first-order chi connectivity index (χ1) is 3.81. The number of carbonyl (C=O) groups is 1. The molecule has 1 unspecified atom stereocenters. The summed E-state index contributed by atoms with van der Waals surface area (Å²) in [5, 5.41) is 0.925. The van der Waals surface area contributed by atoms with E-state index in [4.69, 9.17) is 5.73 Å². The van der Waals surface area contributed by atoms with Crippen LogP contribution >= 0.6 is 15.9 Å². The maximum Gasteiger partial charge on any atom is 0.136 e. The van der Waals surface area contributed by atoms with Gasteiger partial charge in [0.25, 0.3) is 0 Å². The highest BCUT2D eigenvalue weighted by atomic mass is 79.9. The van der Waals surface area contributed by atoms with Gasteiger partial charge in [-0.15, -0.1) is 0 Å². The highest BCUT2D eigenvalue weighted by molar-refractivity contribution is 9.09. The van der Waals surface area contributed by atoms with E-state index in [1.54, 1.807) is 0 Å². The highest BCUT2D eigenvalue weighted by Gasteiger charge is 1.95. The van der Waals surface area contributed by atoms with Crippen LogP contribution in [0.1, 0.15) is 12.8 Å². The van der Waals surface area contributed by atoms with Crippen molar-refractivity contribution in [3.63, 3.8) is 0 Å². The number of hydrogen-bond donors (Lipinski definition) is 1. The maximum absolute atomic E-state index is 9.87. The number of carbonyl (C=O) groups excluding carboxylic acids is 1. The summed E-state index contributed by atoms with van der Waals surface area (Å²) >= 11 is 3.24. The number of alkyl halides is 1. The molecule has 1 atom stereocenters. The smallest absolute Gasteiger partial charge is 0.136 e. The molecule has 0 radical (unpaired) electrons. The summed E-state index contributed by atoms with van der Waals surface area (Å²) < 4.78 is 0. The number of rotatable bonds is 4. The SMILES string of the molecule is NC(C=O)CCCBr. The molecule has 0 aromatic rings. The molecular formula is C5H10BrNO. The standard InChI is InChI=1S/C5H10BrNO/c6-3-1-2-5(7)4-8/h4-5H,1-3,7H2. The second-order valence-corrected chi connectivity index (χ2v) is 2.42. The van der Waals surface area contributed by atoms with Crippen molar-refractivity contribution in [1.82, 2.24) is 0 Å². The molecule has 0 heterocycles. The lowest BCUT2D eigenvalue weighted by Gasteiger charge is -1.97. The number of aldehydes is 1. The summed E-state index contributed by atoms with van der Waals surface area (Å²) in [7, 11) is 0. The highest BCUT2D eigenvalue weighted by Crippen LogP contribution is 1.94. The Bertz CT molecular complexity index is 67.4. The van der Waals surface area contributed by atoms with Gasteiger partial charge in [-0.2, -0.15) is 0 Å². The van der Waals surface area contributed by atoms with Crippen molar-refractivity contribution in [3.8, 4) is 0 Å². The van der Waals surface area contributed by atoms with Crippen molar-refractivity contribution < 1.29 is 4.79 Å². The van der Waals surface area contributed by atoms with Crippen LogP contribution < -0.4 is 5.73 Å². The summed E-state index contributed by atoms with van der Waals surface area (Å²) in [5.41, 5.74) is 5.27. The Morgan fingerprint density at radius 2 is 2.38 bits per heavy atom. The minimum Gasteiger partial charge on any atom is -0.322 e. The van der Waals surface area contributed by atoms with Crippen LogP contribution in [0.25, 0.3) is 0 Å². The predicted octanol–water partition coefficient (Wildman–Crippen LogP) is 0.688. The first-order valence-corrected chi connectivity index (χ1v) is 3.70. The number of nitrogens with two attached hydrogens (primary N) is 1. The first kappa shape index (κ1) is 8.11. The average Bonchev–Trinajstić information content (AvgIpc) is 1.83. The largest absolute Gasteiger partial charge is 0.322 e. The van der Waals surface area contributed by atoms with Crippen LogP contribution in [0, 0.1) is 0 Å². The van der Waals surface area contributed by atoms with Crippen molar-refractivity contribution in [2.75, 3.05) is 5.33 Å². The van der Waals surface area contributed by atoms with E-state index < -0.39 is 0 Å².